The number of rotatable bonds is 3. The monoisotopic (exact) mass is 277 g/mol. The van der Waals surface area contributed by atoms with Crippen molar-refractivity contribution < 1.29 is 0 Å². The van der Waals surface area contributed by atoms with Crippen LogP contribution in [0.1, 0.15) is 11.3 Å². The lowest BCUT2D eigenvalue weighted by Gasteiger charge is -2.08. The fourth-order valence-corrected chi connectivity index (χ4v) is 1.91. The normalized spacial score (nSPS) is 10.1. The fraction of sp³-hybridized carbons (Fsp3) is 0.167. The molecule has 0 saturated heterocycles. The molecule has 16 heavy (non-hydrogen) atoms. The highest BCUT2D eigenvalue weighted by Gasteiger charge is 1.99. The Morgan fingerprint density at radius 3 is 2.88 bits per heavy atom. The largest absolute Gasteiger partial charge is 0.379 e. The van der Waals surface area contributed by atoms with Gasteiger partial charge in [-0.15, -0.1) is 0 Å². The lowest BCUT2D eigenvalue weighted by Crippen LogP contribution is -2.02. The minimum Gasteiger partial charge on any atom is -0.379 e. The molecule has 0 fully saturated rings. The Hall–Kier alpha value is -1.42. The van der Waals surface area contributed by atoms with Crippen molar-refractivity contribution in [2.75, 3.05) is 5.32 Å². The van der Waals surface area contributed by atoms with Gasteiger partial charge in [0, 0.05) is 22.6 Å². The summed E-state index contributed by atoms with van der Waals surface area (Å²) in [5.74, 6) is 0. The van der Waals surface area contributed by atoms with E-state index >= 15 is 0 Å². The highest BCUT2D eigenvalue weighted by atomic mass is 79.9. The second-order valence-electron chi connectivity index (χ2n) is 3.51. The maximum Gasteiger partial charge on any atom is 0.0777 e. The zero-order chi connectivity index (χ0) is 11.4. The average Bonchev–Trinajstić information content (AvgIpc) is 2.29. The highest BCUT2D eigenvalue weighted by Crippen LogP contribution is 2.20. The minimum atomic E-state index is 0.691. The molecule has 3 nitrogen and oxygen atoms in total. The molecule has 0 radical (unpaired) electrons. The molecule has 82 valence electrons. The van der Waals surface area contributed by atoms with E-state index < -0.39 is 0 Å². The molecule has 0 aliphatic heterocycles. The van der Waals surface area contributed by atoms with Crippen molar-refractivity contribution >= 4 is 21.6 Å². The summed E-state index contributed by atoms with van der Waals surface area (Å²) >= 11 is 3.44. The predicted molar refractivity (Wildman–Crippen MR) is 68.2 cm³/mol. The molecule has 1 N–H and O–H groups in total. The van der Waals surface area contributed by atoms with Crippen LogP contribution in [0.15, 0.2) is 41.3 Å². The Labute approximate surface area is 103 Å². The Bertz CT molecular complexity index is 471. The number of aryl methyl sites for hydroxylation is 1. The first kappa shape index (κ1) is 11.1. The van der Waals surface area contributed by atoms with Crippen LogP contribution in [-0.4, -0.2) is 9.97 Å². The zero-order valence-corrected chi connectivity index (χ0v) is 10.5. The van der Waals surface area contributed by atoms with Crippen LogP contribution in [0, 0.1) is 6.92 Å². The quantitative estimate of drug-likeness (QED) is 0.937. The summed E-state index contributed by atoms with van der Waals surface area (Å²) in [7, 11) is 0. The van der Waals surface area contributed by atoms with Gasteiger partial charge in [0.05, 0.1) is 18.4 Å². The van der Waals surface area contributed by atoms with Gasteiger partial charge in [0.1, 0.15) is 0 Å². The number of halogens is 1. The van der Waals surface area contributed by atoms with Crippen molar-refractivity contribution in [3.8, 4) is 0 Å². The summed E-state index contributed by atoms with van der Waals surface area (Å²) in [6.07, 6.45) is 5.14. The maximum atomic E-state index is 4.21. The second-order valence-corrected chi connectivity index (χ2v) is 4.43. The Balaban J connectivity index is 2.05. The van der Waals surface area contributed by atoms with Crippen LogP contribution in [0.25, 0.3) is 0 Å². The van der Waals surface area contributed by atoms with Gasteiger partial charge in [-0.3, -0.25) is 9.97 Å². The van der Waals surface area contributed by atoms with Gasteiger partial charge in [0.25, 0.3) is 0 Å². The van der Waals surface area contributed by atoms with Crippen LogP contribution >= 0.6 is 15.9 Å². The van der Waals surface area contributed by atoms with Crippen molar-refractivity contribution in [3.05, 3.63) is 52.5 Å². The van der Waals surface area contributed by atoms with E-state index in [9.17, 15) is 0 Å². The van der Waals surface area contributed by atoms with E-state index in [-0.39, 0.29) is 0 Å². The van der Waals surface area contributed by atoms with E-state index in [0.717, 1.165) is 15.9 Å². The molecule has 0 unspecified atom stereocenters. The Morgan fingerprint density at radius 2 is 2.19 bits per heavy atom. The topological polar surface area (TPSA) is 37.8 Å². The van der Waals surface area contributed by atoms with Gasteiger partial charge >= 0.3 is 0 Å². The number of hydrogen-bond acceptors (Lipinski definition) is 3. The van der Waals surface area contributed by atoms with Crippen LogP contribution in [0.5, 0.6) is 0 Å². The number of benzene rings is 1. The Morgan fingerprint density at radius 1 is 1.31 bits per heavy atom. The van der Waals surface area contributed by atoms with Crippen molar-refractivity contribution in [2.45, 2.75) is 13.5 Å². The SMILES string of the molecule is Cc1cc(Br)ccc1NCc1cnccn1. The number of hydrogen-bond donors (Lipinski definition) is 1. The van der Waals surface area contributed by atoms with Crippen LogP contribution < -0.4 is 5.32 Å². The predicted octanol–water partition coefficient (Wildman–Crippen LogP) is 3.16. The molecule has 4 heteroatoms. The lowest BCUT2D eigenvalue weighted by molar-refractivity contribution is 1.01. The molecule has 0 saturated carbocycles. The first-order chi connectivity index (χ1) is 7.75. The van der Waals surface area contributed by atoms with Gasteiger partial charge < -0.3 is 5.32 Å². The van der Waals surface area contributed by atoms with Crippen molar-refractivity contribution in [1.29, 1.82) is 0 Å². The molecular formula is C12H12BrN3. The Kier molecular flexibility index (Phi) is 3.51. The van der Waals surface area contributed by atoms with Crippen molar-refractivity contribution in [2.24, 2.45) is 0 Å². The molecule has 0 atom stereocenters. The molecule has 0 aliphatic rings. The molecule has 0 bridgehead atoms. The molecular weight excluding hydrogens is 266 g/mol. The molecule has 2 aromatic rings. The van der Waals surface area contributed by atoms with Crippen LogP contribution in [0.3, 0.4) is 0 Å². The number of aromatic nitrogens is 2. The lowest BCUT2D eigenvalue weighted by atomic mass is 10.2. The standard InChI is InChI=1S/C12H12BrN3/c1-9-6-10(13)2-3-12(9)16-8-11-7-14-4-5-15-11/h2-7,16H,8H2,1H3. The van der Waals surface area contributed by atoms with E-state index in [1.54, 1.807) is 18.6 Å². The maximum absolute atomic E-state index is 4.21. The average molecular weight is 278 g/mol. The van der Waals surface area contributed by atoms with Crippen LogP contribution in [0.4, 0.5) is 5.69 Å². The first-order valence-corrected chi connectivity index (χ1v) is 5.80. The van der Waals surface area contributed by atoms with Gasteiger partial charge in [-0.05, 0) is 30.7 Å². The summed E-state index contributed by atoms with van der Waals surface area (Å²) in [4.78, 5) is 8.23. The highest BCUT2D eigenvalue weighted by molar-refractivity contribution is 9.10. The molecule has 1 aromatic carbocycles. The molecule has 1 aromatic heterocycles. The molecule has 0 spiro atoms. The fourth-order valence-electron chi connectivity index (χ4n) is 1.43. The summed E-state index contributed by atoms with van der Waals surface area (Å²) in [6, 6.07) is 6.15. The second kappa shape index (κ2) is 5.07. The van der Waals surface area contributed by atoms with Crippen molar-refractivity contribution in [1.82, 2.24) is 9.97 Å². The van der Waals surface area contributed by atoms with Gasteiger partial charge in [-0.1, -0.05) is 15.9 Å². The van der Waals surface area contributed by atoms with Gasteiger partial charge in [0.2, 0.25) is 0 Å². The number of nitrogens with one attached hydrogen (secondary N) is 1. The number of nitrogens with zero attached hydrogens (tertiary/aromatic N) is 2. The van der Waals surface area contributed by atoms with Crippen LogP contribution in [-0.2, 0) is 6.54 Å². The summed E-state index contributed by atoms with van der Waals surface area (Å²) in [5.41, 5.74) is 3.26. The minimum absolute atomic E-state index is 0.691. The summed E-state index contributed by atoms with van der Waals surface area (Å²) in [5, 5.41) is 3.33. The third kappa shape index (κ3) is 2.79. The molecule has 0 amide bonds. The third-order valence-electron chi connectivity index (χ3n) is 2.27. The van der Waals surface area contributed by atoms with Crippen LogP contribution in [0.2, 0.25) is 0 Å². The third-order valence-corrected chi connectivity index (χ3v) is 2.76. The first-order valence-electron chi connectivity index (χ1n) is 5.00. The molecule has 1 heterocycles. The van der Waals surface area contributed by atoms with E-state index in [1.807, 2.05) is 6.07 Å². The van der Waals surface area contributed by atoms with E-state index in [1.165, 1.54) is 5.56 Å². The van der Waals surface area contributed by atoms with Gasteiger partial charge in [-0.25, -0.2) is 0 Å². The van der Waals surface area contributed by atoms with Gasteiger partial charge in [-0.2, -0.15) is 0 Å². The summed E-state index contributed by atoms with van der Waals surface area (Å²) < 4.78 is 1.09. The smallest absolute Gasteiger partial charge is 0.0777 e. The summed E-state index contributed by atoms with van der Waals surface area (Å²) in [6.45, 7) is 2.76. The van der Waals surface area contributed by atoms with E-state index in [2.05, 4.69) is 50.3 Å². The zero-order valence-electron chi connectivity index (χ0n) is 8.94. The van der Waals surface area contributed by atoms with Crippen molar-refractivity contribution in [3.63, 3.8) is 0 Å². The van der Waals surface area contributed by atoms with E-state index in [0.29, 0.717) is 6.54 Å². The molecule has 0 aliphatic carbocycles. The van der Waals surface area contributed by atoms with Gasteiger partial charge in [0.15, 0.2) is 0 Å². The van der Waals surface area contributed by atoms with E-state index in [4.69, 9.17) is 0 Å². The molecule has 2 rings (SSSR count). The number of anilines is 1.